The van der Waals surface area contributed by atoms with Crippen molar-refractivity contribution in [3.63, 3.8) is 0 Å². The molecule has 0 aliphatic carbocycles. The van der Waals surface area contributed by atoms with Gasteiger partial charge in [-0.1, -0.05) is 12.1 Å². The molecule has 1 aromatic rings. The van der Waals surface area contributed by atoms with Crippen LogP contribution < -0.4 is 5.32 Å². The Morgan fingerprint density at radius 3 is 2.56 bits per heavy atom. The minimum atomic E-state index is -0.0635. The molecule has 18 heavy (non-hydrogen) atoms. The maximum Gasteiger partial charge on any atom is 0.252 e. The van der Waals surface area contributed by atoms with Crippen molar-refractivity contribution in [2.24, 2.45) is 0 Å². The van der Waals surface area contributed by atoms with Crippen molar-refractivity contribution in [1.82, 2.24) is 10.2 Å². The maximum atomic E-state index is 12.1. The molecule has 0 fully saturated rings. The summed E-state index contributed by atoms with van der Waals surface area (Å²) in [4.78, 5) is 14.2. The van der Waals surface area contributed by atoms with Crippen molar-refractivity contribution in [2.75, 3.05) is 20.6 Å². The summed E-state index contributed by atoms with van der Waals surface area (Å²) in [6, 6.07) is 5.70. The molecule has 0 radical (unpaired) electrons. The zero-order valence-electron chi connectivity index (χ0n) is 11.7. The van der Waals surface area contributed by atoms with Crippen molar-refractivity contribution >= 4 is 21.8 Å². The summed E-state index contributed by atoms with van der Waals surface area (Å²) < 4.78 is 0.866. The van der Waals surface area contributed by atoms with E-state index in [4.69, 9.17) is 0 Å². The number of halogens is 1. The van der Waals surface area contributed by atoms with Gasteiger partial charge in [0.25, 0.3) is 5.91 Å². The molecule has 0 saturated heterocycles. The Morgan fingerprint density at radius 2 is 2.00 bits per heavy atom. The quantitative estimate of drug-likeness (QED) is 0.927. The van der Waals surface area contributed by atoms with E-state index in [-0.39, 0.29) is 11.4 Å². The minimum Gasteiger partial charge on any atom is -0.350 e. The van der Waals surface area contributed by atoms with Crippen molar-refractivity contribution in [3.8, 4) is 0 Å². The van der Waals surface area contributed by atoms with Crippen molar-refractivity contribution in [1.29, 1.82) is 0 Å². The van der Waals surface area contributed by atoms with Crippen LogP contribution >= 0.6 is 15.9 Å². The van der Waals surface area contributed by atoms with E-state index in [0.717, 1.165) is 10.0 Å². The number of hydrogen-bond acceptors (Lipinski definition) is 2. The minimum absolute atomic E-state index is 0.0412. The molecule has 0 aromatic heterocycles. The number of carbonyl (C=O) groups excluding carboxylic acids is 1. The van der Waals surface area contributed by atoms with E-state index >= 15 is 0 Å². The number of benzene rings is 1. The zero-order chi connectivity index (χ0) is 13.9. The Bertz CT molecular complexity index is 441. The molecule has 1 N–H and O–H groups in total. The first-order valence-corrected chi connectivity index (χ1v) is 6.76. The standard InChI is InChI=1S/C14H21BrN2O/c1-10-7-6-8-11(12(10)15)13(18)16-9-14(2,3)17(4)5/h6-8H,9H2,1-5H3,(H,16,18). The molecular weight excluding hydrogens is 292 g/mol. The Balaban J connectivity index is 2.75. The first-order chi connectivity index (χ1) is 8.25. The van der Waals surface area contributed by atoms with Gasteiger partial charge in [0, 0.05) is 16.6 Å². The molecule has 1 amide bonds. The summed E-state index contributed by atoms with van der Waals surface area (Å²) in [6.45, 7) is 6.78. The molecule has 0 atom stereocenters. The van der Waals surface area contributed by atoms with Crippen LogP contribution in [0.5, 0.6) is 0 Å². The van der Waals surface area contributed by atoms with Gasteiger partial charge in [0.15, 0.2) is 0 Å². The molecule has 0 unspecified atom stereocenters. The first kappa shape index (κ1) is 15.2. The van der Waals surface area contributed by atoms with Gasteiger partial charge in [0.1, 0.15) is 0 Å². The average Bonchev–Trinajstić information content (AvgIpc) is 2.29. The molecule has 0 bridgehead atoms. The van der Waals surface area contributed by atoms with Crippen LogP contribution in [0, 0.1) is 6.92 Å². The fraction of sp³-hybridized carbons (Fsp3) is 0.500. The highest BCUT2D eigenvalue weighted by molar-refractivity contribution is 9.10. The smallest absolute Gasteiger partial charge is 0.252 e. The van der Waals surface area contributed by atoms with Gasteiger partial charge in [-0.25, -0.2) is 0 Å². The highest BCUT2D eigenvalue weighted by atomic mass is 79.9. The number of aryl methyl sites for hydroxylation is 1. The highest BCUT2D eigenvalue weighted by Crippen LogP contribution is 2.21. The molecule has 4 heteroatoms. The van der Waals surface area contributed by atoms with E-state index in [2.05, 4.69) is 40.0 Å². The van der Waals surface area contributed by atoms with Crippen LogP contribution in [0.2, 0.25) is 0 Å². The fourth-order valence-electron chi connectivity index (χ4n) is 1.37. The summed E-state index contributed by atoms with van der Waals surface area (Å²) in [6.07, 6.45) is 0. The van der Waals surface area contributed by atoms with Crippen LogP contribution in [0.25, 0.3) is 0 Å². The van der Waals surface area contributed by atoms with Gasteiger partial charge in [0.2, 0.25) is 0 Å². The first-order valence-electron chi connectivity index (χ1n) is 5.96. The zero-order valence-corrected chi connectivity index (χ0v) is 13.3. The molecule has 1 rings (SSSR count). The molecule has 0 spiro atoms. The summed E-state index contributed by atoms with van der Waals surface area (Å²) in [7, 11) is 4.02. The lowest BCUT2D eigenvalue weighted by Crippen LogP contribution is -2.48. The number of amides is 1. The number of carbonyl (C=O) groups is 1. The predicted molar refractivity (Wildman–Crippen MR) is 79.0 cm³/mol. The van der Waals surface area contributed by atoms with Gasteiger partial charge in [-0.15, -0.1) is 0 Å². The molecule has 0 aliphatic rings. The van der Waals surface area contributed by atoms with Gasteiger partial charge < -0.3 is 10.2 Å². The summed E-state index contributed by atoms with van der Waals surface area (Å²) in [5.74, 6) is -0.0412. The maximum absolute atomic E-state index is 12.1. The van der Waals surface area contributed by atoms with E-state index < -0.39 is 0 Å². The molecule has 3 nitrogen and oxygen atoms in total. The van der Waals surface area contributed by atoms with Crippen LogP contribution in [0.4, 0.5) is 0 Å². The largest absolute Gasteiger partial charge is 0.350 e. The van der Waals surface area contributed by atoms with E-state index in [9.17, 15) is 4.79 Å². The average molecular weight is 313 g/mol. The molecule has 0 saturated carbocycles. The van der Waals surface area contributed by atoms with Crippen LogP contribution in [0.15, 0.2) is 22.7 Å². The third kappa shape index (κ3) is 3.56. The number of likely N-dealkylation sites (N-methyl/N-ethyl adjacent to an activating group) is 1. The van der Waals surface area contributed by atoms with E-state index in [1.165, 1.54) is 0 Å². The van der Waals surface area contributed by atoms with E-state index in [1.54, 1.807) is 0 Å². The molecule has 0 heterocycles. The van der Waals surface area contributed by atoms with Crippen LogP contribution in [0.3, 0.4) is 0 Å². The van der Waals surface area contributed by atoms with Crippen molar-refractivity contribution < 1.29 is 4.79 Å². The second-order valence-corrected chi connectivity index (χ2v) is 6.12. The monoisotopic (exact) mass is 312 g/mol. The molecular formula is C14H21BrN2O. The SMILES string of the molecule is Cc1cccc(C(=O)NCC(C)(C)N(C)C)c1Br. The highest BCUT2D eigenvalue weighted by Gasteiger charge is 2.22. The second-order valence-electron chi connectivity index (χ2n) is 5.33. The number of rotatable bonds is 4. The van der Waals surface area contributed by atoms with Gasteiger partial charge in [0.05, 0.1) is 5.56 Å². The van der Waals surface area contributed by atoms with Crippen molar-refractivity contribution in [3.05, 3.63) is 33.8 Å². The van der Waals surface area contributed by atoms with E-state index in [1.807, 2.05) is 39.2 Å². The Kier molecular flexibility index (Phi) is 4.93. The third-order valence-corrected chi connectivity index (χ3v) is 4.38. The van der Waals surface area contributed by atoms with Crippen LogP contribution in [-0.2, 0) is 0 Å². The topological polar surface area (TPSA) is 32.3 Å². The van der Waals surface area contributed by atoms with Gasteiger partial charge in [-0.3, -0.25) is 4.79 Å². The fourth-order valence-corrected chi connectivity index (χ4v) is 1.82. The Hall–Kier alpha value is -0.870. The summed E-state index contributed by atoms with van der Waals surface area (Å²) >= 11 is 3.46. The summed E-state index contributed by atoms with van der Waals surface area (Å²) in [5, 5.41) is 2.98. The molecule has 0 aliphatic heterocycles. The van der Waals surface area contributed by atoms with Gasteiger partial charge in [-0.2, -0.15) is 0 Å². The third-order valence-electron chi connectivity index (χ3n) is 3.33. The van der Waals surface area contributed by atoms with Crippen molar-refractivity contribution in [2.45, 2.75) is 26.3 Å². The Morgan fingerprint density at radius 1 is 1.39 bits per heavy atom. The number of nitrogens with one attached hydrogen (secondary N) is 1. The lowest BCUT2D eigenvalue weighted by molar-refractivity contribution is 0.0919. The van der Waals surface area contributed by atoms with Crippen LogP contribution in [0.1, 0.15) is 29.8 Å². The molecule has 1 aromatic carbocycles. The second kappa shape index (κ2) is 5.85. The lowest BCUT2D eigenvalue weighted by Gasteiger charge is -2.32. The normalized spacial score (nSPS) is 11.7. The number of nitrogens with zero attached hydrogens (tertiary/aromatic N) is 1. The lowest BCUT2D eigenvalue weighted by atomic mass is 10.0. The Labute approximate surface area is 118 Å². The van der Waals surface area contributed by atoms with Gasteiger partial charge in [-0.05, 0) is 62.4 Å². The molecule has 100 valence electrons. The van der Waals surface area contributed by atoms with E-state index in [0.29, 0.717) is 12.1 Å². The number of hydrogen-bond donors (Lipinski definition) is 1. The van der Waals surface area contributed by atoms with Crippen LogP contribution in [-0.4, -0.2) is 37.0 Å². The van der Waals surface area contributed by atoms with Gasteiger partial charge >= 0.3 is 0 Å². The predicted octanol–water partition coefficient (Wildman–Crippen LogP) is 2.83. The summed E-state index contributed by atoms with van der Waals surface area (Å²) in [5.41, 5.74) is 1.69.